The molecule has 2 aromatic carbocycles. The minimum Gasteiger partial charge on any atom is -0.263 e. The van der Waals surface area contributed by atoms with Crippen LogP contribution in [0.15, 0.2) is 64.9 Å². The van der Waals surface area contributed by atoms with E-state index in [1.54, 1.807) is 33.8 Å². The molecule has 0 fully saturated rings. The summed E-state index contributed by atoms with van der Waals surface area (Å²) in [6.07, 6.45) is 3.11. The summed E-state index contributed by atoms with van der Waals surface area (Å²) in [6.45, 7) is 0.391. The highest BCUT2D eigenvalue weighted by Gasteiger charge is 2.07. The first kappa shape index (κ1) is 17.7. The number of nitrogens with zero attached hydrogens (tertiary/aromatic N) is 5. The van der Waals surface area contributed by atoms with Gasteiger partial charge < -0.3 is 0 Å². The molecule has 4 aromatic rings. The molecular formula is C17H13Cl2N6OS+. The largest absolute Gasteiger partial charge is 0.337 e. The van der Waals surface area contributed by atoms with Crippen LogP contribution in [0.4, 0.5) is 5.69 Å². The summed E-state index contributed by atoms with van der Waals surface area (Å²) in [5, 5.41) is 5.12. The lowest BCUT2D eigenvalue weighted by Crippen LogP contribution is -2.26. The van der Waals surface area contributed by atoms with Crippen molar-refractivity contribution in [3.8, 4) is 5.69 Å². The summed E-state index contributed by atoms with van der Waals surface area (Å²) in [5.74, 6) is 0. The van der Waals surface area contributed by atoms with Crippen LogP contribution in [0.2, 0.25) is 10.0 Å². The van der Waals surface area contributed by atoms with E-state index in [2.05, 4.69) is 19.4 Å². The summed E-state index contributed by atoms with van der Waals surface area (Å²) in [6, 6.07) is 12.9. The Bertz CT molecular complexity index is 1190. The maximum Gasteiger partial charge on any atom is 0.337 e. The zero-order valence-electron chi connectivity index (χ0n) is 13.7. The smallest absolute Gasteiger partial charge is 0.263 e. The molecule has 0 aliphatic rings. The molecule has 7 nitrogen and oxygen atoms in total. The van der Waals surface area contributed by atoms with Crippen LogP contribution in [0.5, 0.6) is 0 Å². The van der Waals surface area contributed by atoms with E-state index < -0.39 is 0 Å². The minimum atomic E-state index is -0.218. The predicted octanol–water partition coefficient (Wildman–Crippen LogP) is 2.45. The summed E-state index contributed by atoms with van der Waals surface area (Å²) in [7, 11) is 0. The lowest BCUT2D eigenvalue weighted by atomic mass is 10.2. The monoisotopic (exact) mass is 419 g/mol. The highest BCUT2D eigenvalue weighted by molar-refractivity contribution is 7.02. The number of halogens is 2. The molecule has 0 bridgehead atoms. The highest BCUT2D eigenvalue weighted by Crippen LogP contribution is 2.22. The Morgan fingerprint density at radius 1 is 1.22 bits per heavy atom. The number of nitrogens with one attached hydrogen (secondary N) is 1. The van der Waals surface area contributed by atoms with E-state index in [0.29, 0.717) is 27.1 Å². The fourth-order valence-corrected chi connectivity index (χ4v) is 3.46. The number of rotatable bonds is 4. The Kier molecular flexibility index (Phi) is 4.93. The zero-order valence-corrected chi connectivity index (χ0v) is 16.1. The van der Waals surface area contributed by atoms with Crippen molar-refractivity contribution in [1.82, 2.24) is 23.7 Å². The second-order valence-corrected chi connectivity index (χ2v) is 7.23. The van der Waals surface area contributed by atoms with Gasteiger partial charge in [0.1, 0.15) is 17.7 Å². The molecule has 0 radical (unpaired) electrons. The standard InChI is InChI=1S/C17H12Cl2N6OS/c18-14-6-3-12(7-15(14)19)22-17-24(16(26)23-27-17)8-11-1-4-13(5-2-11)25-10-20-9-21-25/h1-7,9-10,18H,8H2/p+1. The molecule has 2 heterocycles. The number of aromatic nitrogens is 5. The van der Waals surface area contributed by atoms with Crippen LogP contribution >= 0.6 is 23.1 Å². The van der Waals surface area contributed by atoms with E-state index in [-0.39, 0.29) is 5.69 Å². The van der Waals surface area contributed by atoms with Gasteiger partial charge in [-0.25, -0.2) is 19.5 Å². The van der Waals surface area contributed by atoms with Gasteiger partial charge in [-0.1, -0.05) is 23.7 Å². The maximum atomic E-state index is 12.2. The first-order valence-electron chi connectivity index (χ1n) is 7.84. The van der Waals surface area contributed by atoms with E-state index in [4.69, 9.17) is 23.2 Å². The lowest BCUT2D eigenvalue weighted by molar-refractivity contribution is -0.288. The van der Waals surface area contributed by atoms with E-state index in [9.17, 15) is 4.79 Å². The molecular weight excluding hydrogens is 407 g/mol. The van der Waals surface area contributed by atoms with Crippen LogP contribution in [-0.2, 0) is 6.54 Å². The first-order valence-corrected chi connectivity index (χ1v) is 9.44. The molecule has 4 rings (SSSR count). The zero-order chi connectivity index (χ0) is 18.8. The number of hydrogen-bond donors (Lipinski definition) is 1. The van der Waals surface area contributed by atoms with Gasteiger partial charge in [0, 0.05) is 6.07 Å². The van der Waals surface area contributed by atoms with Crippen LogP contribution in [-0.4, -0.2) is 23.7 Å². The van der Waals surface area contributed by atoms with Crippen molar-refractivity contribution in [3.63, 3.8) is 0 Å². The number of hydrogen-bond acceptors (Lipinski definition) is 5. The van der Waals surface area contributed by atoms with Crippen LogP contribution in [0.3, 0.4) is 0 Å². The molecule has 0 amide bonds. The van der Waals surface area contributed by atoms with Gasteiger partial charge in [-0.3, -0.25) is 8.94 Å². The number of H-pyrrole nitrogens is 1. The molecule has 0 saturated heterocycles. The molecule has 27 heavy (non-hydrogen) atoms. The van der Waals surface area contributed by atoms with Gasteiger partial charge >= 0.3 is 5.69 Å². The fraction of sp³-hybridized carbons (Fsp3) is 0.0588. The molecule has 136 valence electrons. The third-order valence-corrected chi connectivity index (χ3v) is 5.36. The Morgan fingerprint density at radius 2 is 2.04 bits per heavy atom. The highest BCUT2D eigenvalue weighted by atomic mass is 35.5. The first-order chi connectivity index (χ1) is 13.1. The molecule has 0 unspecified atom stereocenters. The molecule has 1 N–H and O–H groups in total. The van der Waals surface area contributed by atoms with E-state index >= 15 is 0 Å². The van der Waals surface area contributed by atoms with Gasteiger partial charge in [0.2, 0.25) is 9.82 Å². The molecule has 0 spiro atoms. The Balaban J connectivity index is 1.65. The van der Waals surface area contributed by atoms with Crippen molar-refractivity contribution in [1.29, 1.82) is 0 Å². The molecule has 0 aliphatic heterocycles. The predicted molar refractivity (Wildman–Crippen MR) is 101 cm³/mol. The van der Waals surface area contributed by atoms with Gasteiger partial charge in [0.25, 0.3) is 0 Å². The number of aromatic amines is 1. The molecule has 2 aromatic heterocycles. The van der Waals surface area contributed by atoms with Gasteiger partial charge in [0.05, 0.1) is 17.9 Å². The van der Waals surface area contributed by atoms with Crippen molar-refractivity contribution >= 4 is 28.8 Å². The van der Waals surface area contributed by atoms with Crippen LogP contribution < -0.4 is 10.5 Å². The normalized spacial score (nSPS) is 11.9. The van der Waals surface area contributed by atoms with Gasteiger partial charge in [-0.2, -0.15) is 5.10 Å². The van der Waals surface area contributed by atoms with Gasteiger partial charge in [-0.15, -0.1) is 0 Å². The van der Waals surface area contributed by atoms with Gasteiger partial charge in [0.15, 0.2) is 11.6 Å². The fourth-order valence-electron chi connectivity index (χ4n) is 2.46. The van der Waals surface area contributed by atoms with Crippen LogP contribution in [0.1, 0.15) is 5.56 Å². The van der Waals surface area contributed by atoms with E-state index in [1.165, 1.54) is 17.9 Å². The lowest BCUT2D eigenvalue weighted by Gasteiger charge is -2.04. The van der Waals surface area contributed by atoms with Crippen LogP contribution in [0, 0.1) is 11.6 Å². The van der Waals surface area contributed by atoms with E-state index in [0.717, 1.165) is 11.3 Å². The topological polar surface area (TPSA) is 80.9 Å². The molecule has 0 atom stereocenters. The maximum absolute atomic E-state index is 12.2. The Morgan fingerprint density at radius 3 is 2.74 bits per heavy atom. The van der Waals surface area contributed by atoms with Crippen LogP contribution in [0.25, 0.3) is 5.69 Å². The summed E-state index contributed by atoms with van der Waals surface area (Å²) in [4.78, 5) is 21.2. The Hall–Kier alpha value is -2.68. The summed E-state index contributed by atoms with van der Waals surface area (Å²) >= 11 is 12.3. The Labute approximate surface area is 167 Å². The van der Waals surface area contributed by atoms with Crippen molar-refractivity contribution < 1.29 is 11.6 Å². The minimum absolute atomic E-state index is 0.218. The van der Waals surface area contributed by atoms with Crippen molar-refractivity contribution in [2.24, 2.45) is 4.99 Å². The van der Waals surface area contributed by atoms with Crippen molar-refractivity contribution in [2.45, 2.75) is 6.54 Å². The molecule has 10 heteroatoms. The van der Waals surface area contributed by atoms with E-state index in [1.807, 2.05) is 24.3 Å². The third-order valence-electron chi connectivity index (χ3n) is 3.81. The second kappa shape index (κ2) is 7.51. The SMILES string of the molecule is O=c1[nH]sc(=Nc2ccc([ClH+])c(Cl)c2)n1Cc1ccc(-n2cncn2)cc1. The van der Waals surface area contributed by atoms with Gasteiger partial charge in [-0.05, 0) is 41.4 Å². The van der Waals surface area contributed by atoms with Crippen molar-refractivity contribution in [3.05, 3.63) is 86.0 Å². The molecule has 0 saturated carbocycles. The number of benzene rings is 2. The summed E-state index contributed by atoms with van der Waals surface area (Å²) < 4.78 is 5.96. The van der Waals surface area contributed by atoms with Crippen molar-refractivity contribution in [2.75, 3.05) is 0 Å². The second-order valence-electron chi connectivity index (χ2n) is 5.61. The third kappa shape index (κ3) is 3.87. The summed E-state index contributed by atoms with van der Waals surface area (Å²) in [5.41, 5.74) is 2.27. The quantitative estimate of drug-likeness (QED) is 0.551. The average molecular weight is 420 g/mol. The average Bonchev–Trinajstić information content (AvgIpc) is 3.31. The molecule has 0 aliphatic carbocycles.